The summed E-state index contributed by atoms with van der Waals surface area (Å²) in [5.74, 6) is 0. The highest BCUT2D eigenvalue weighted by atomic mass is 28.2. The zero-order valence-electron chi connectivity index (χ0n) is 3.83. The van der Waals surface area contributed by atoms with E-state index in [0.717, 1.165) is 0 Å². The van der Waals surface area contributed by atoms with Crippen LogP contribution in [0.4, 0.5) is 0 Å². The number of hydrogen-bond donors (Lipinski definition) is 2. The molecule has 1 saturated heterocycles. The van der Waals surface area contributed by atoms with Crippen LogP contribution in [0, 0.1) is 0 Å². The quantitative estimate of drug-likeness (QED) is 0.383. The molecule has 2 nitrogen and oxygen atoms in total. The lowest BCUT2D eigenvalue weighted by Crippen LogP contribution is -2.39. The largest absolute Gasteiger partial charge is 0.286 e. The van der Waals surface area contributed by atoms with Gasteiger partial charge in [0.25, 0.3) is 0 Å². The van der Waals surface area contributed by atoms with Gasteiger partial charge in [-0.05, 0) is 12.5 Å². The Hall–Kier alpha value is 0.137. The molecule has 2 N–H and O–H groups in total. The van der Waals surface area contributed by atoms with Gasteiger partial charge in [-0.25, -0.2) is 0 Å². The van der Waals surface area contributed by atoms with Gasteiger partial charge in [0.1, 0.15) is 9.68 Å². The first-order valence-electron chi connectivity index (χ1n) is 2.46. The van der Waals surface area contributed by atoms with Crippen LogP contribution in [0.2, 0.25) is 6.04 Å². The molecule has 1 aliphatic rings. The minimum atomic E-state index is 0.147. The molecule has 1 aliphatic heterocycles. The molecule has 0 aromatic heterocycles. The second-order valence-corrected chi connectivity index (χ2v) is 3.12. The van der Waals surface area contributed by atoms with Gasteiger partial charge >= 0.3 is 0 Å². The Kier molecular flexibility index (Phi) is 1.67. The van der Waals surface area contributed by atoms with E-state index in [-0.39, 0.29) is 9.68 Å². The summed E-state index contributed by atoms with van der Waals surface area (Å²) in [5.41, 5.74) is 3.10. The SMILES string of the molecule is C1CNN[SiH2]C1. The fourth-order valence-electron chi connectivity index (χ4n) is 0.604. The van der Waals surface area contributed by atoms with E-state index in [0.29, 0.717) is 0 Å². The van der Waals surface area contributed by atoms with Gasteiger partial charge in [0.15, 0.2) is 0 Å². The minimum Gasteiger partial charge on any atom is -0.286 e. The summed E-state index contributed by atoms with van der Waals surface area (Å²) in [6, 6.07) is 1.47. The van der Waals surface area contributed by atoms with Crippen LogP contribution in [0.1, 0.15) is 6.42 Å². The van der Waals surface area contributed by atoms with Crippen molar-refractivity contribution in [3.63, 3.8) is 0 Å². The molecule has 36 valence electrons. The highest BCUT2D eigenvalue weighted by molar-refractivity contribution is 6.32. The summed E-state index contributed by atoms with van der Waals surface area (Å²) in [4.78, 5) is 0. The number of rotatable bonds is 0. The molecule has 0 bridgehead atoms. The molecule has 0 amide bonds. The van der Waals surface area contributed by atoms with Crippen molar-refractivity contribution in [1.29, 1.82) is 0 Å². The predicted molar refractivity (Wildman–Crippen MR) is 29.1 cm³/mol. The Morgan fingerprint density at radius 1 is 1.50 bits per heavy atom. The lowest BCUT2D eigenvalue weighted by molar-refractivity contribution is 0.619. The lowest BCUT2D eigenvalue weighted by atomic mass is 10.5. The molecule has 0 aromatic rings. The second-order valence-electron chi connectivity index (χ2n) is 1.56. The standard InChI is InChI=1S/C3H10N2Si/c1-2-4-5-6-3-1/h4-5H,1-3,6H2. The van der Waals surface area contributed by atoms with Crippen molar-refractivity contribution < 1.29 is 0 Å². The van der Waals surface area contributed by atoms with E-state index in [4.69, 9.17) is 0 Å². The van der Waals surface area contributed by atoms with Crippen molar-refractivity contribution in [3.8, 4) is 0 Å². The van der Waals surface area contributed by atoms with Gasteiger partial charge in [-0.1, -0.05) is 0 Å². The summed E-state index contributed by atoms with van der Waals surface area (Å²) >= 11 is 0. The van der Waals surface area contributed by atoms with E-state index >= 15 is 0 Å². The number of nitrogens with one attached hydrogen (secondary N) is 2. The molecule has 0 unspecified atom stereocenters. The highest BCUT2D eigenvalue weighted by Gasteiger charge is 1.93. The third-order valence-electron chi connectivity index (χ3n) is 0.979. The molecule has 1 fully saturated rings. The number of hydrazine groups is 1. The molecule has 1 heterocycles. The summed E-state index contributed by atoms with van der Waals surface area (Å²) in [5, 5.41) is 3.17. The fraction of sp³-hybridized carbons (Fsp3) is 1.00. The van der Waals surface area contributed by atoms with E-state index < -0.39 is 0 Å². The smallest absolute Gasteiger partial charge is 0.110 e. The third-order valence-corrected chi connectivity index (χ3v) is 2.33. The maximum absolute atomic E-state index is 3.17. The zero-order valence-corrected chi connectivity index (χ0v) is 5.24. The van der Waals surface area contributed by atoms with Crippen molar-refractivity contribution in [3.05, 3.63) is 0 Å². The topological polar surface area (TPSA) is 24.1 Å². The van der Waals surface area contributed by atoms with Crippen molar-refractivity contribution in [2.24, 2.45) is 0 Å². The molecule has 0 atom stereocenters. The third kappa shape index (κ3) is 1.08. The van der Waals surface area contributed by atoms with Crippen molar-refractivity contribution in [1.82, 2.24) is 10.5 Å². The molecule has 0 aromatic carbocycles. The van der Waals surface area contributed by atoms with E-state index in [2.05, 4.69) is 10.5 Å². The Bertz CT molecular complexity index is 24.3. The second kappa shape index (κ2) is 2.33. The van der Waals surface area contributed by atoms with Crippen LogP contribution in [0.5, 0.6) is 0 Å². The Morgan fingerprint density at radius 2 is 2.50 bits per heavy atom. The van der Waals surface area contributed by atoms with Crippen LogP contribution < -0.4 is 10.5 Å². The highest BCUT2D eigenvalue weighted by Crippen LogP contribution is 1.85. The van der Waals surface area contributed by atoms with Gasteiger partial charge in [-0.3, -0.25) is 10.5 Å². The van der Waals surface area contributed by atoms with Crippen molar-refractivity contribution in [2.75, 3.05) is 6.54 Å². The van der Waals surface area contributed by atoms with E-state index in [1.54, 1.807) is 0 Å². The number of hydrogen-bond acceptors (Lipinski definition) is 2. The first-order chi connectivity index (χ1) is 3.00. The summed E-state index contributed by atoms with van der Waals surface area (Å²) in [6.45, 7) is 1.17. The fourth-order valence-corrected chi connectivity index (χ4v) is 1.63. The Labute approximate surface area is 40.2 Å². The predicted octanol–water partition coefficient (Wildman–Crippen LogP) is -1.01. The van der Waals surface area contributed by atoms with Crippen LogP contribution in [-0.4, -0.2) is 16.2 Å². The van der Waals surface area contributed by atoms with Gasteiger partial charge in [0.2, 0.25) is 0 Å². The van der Waals surface area contributed by atoms with Crippen LogP contribution in [0.3, 0.4) is 0 Å². The summed E-state index contributed by atoms with van der Waals surface area (Å²) < 4.78 is 0. The maximum atomic E-state index is 3.17. The zero-order chi connectivity index (χ0) is 4.24. The van der Waals surface area contributed by atoms with E-state index in [1.807, 2.05) is 0 Å². The van der Waals surface area contributed by atoms with Crippen LogP contribution in [-0.2, 0) is 0 Å². The summed E-state index contributed by atoms with van der Waals surface area (Å²) in [7, 11) is 0.147. The van der Waals surface area contributed by atoms with E-state index in [9.17, 15) is 0 Å². The molecule has 0 spiro atoms. The van der Waals surface area contributed by atoms with Gasteiger partial charge < -0.3 is 0 Å². The molecular weight excluding hydrogens is 92.1 g/mol. The molecule has 0 saturated carbocycles. The molecule has 0 radical (unpaired) electrons. The van der Waals surface area contributed by atoms with Crippen LogP contribution >= 0.6 is 0 Å². The van der Waals surface area contributed by atoms with E-state index in [1.165, 1.54) is 19.0 Å². The lowest BCUT2D eigenvalue weighted by Gasteiger charge is -2.10. The average molecular weight is 102 g/mol. The Balaban J connectivity index is 2.00. The Morgan fingerprint density at radius 3 is 2.67 bits per heavy atom. The first kappa shape index (κ1) is 4.30. The van der Waals surface area contributed by atoms with Crippen molar-refractivity contribution in [2.45, 2.75) is 12.5 Å². The van der Waals surface area contributed by atoms with Gasteiger partial charge in [0, 0.05) is 6.54 Å². The molecule has 0 aliphatic carbocycles. The normalized spacial score (nSPS) is 28.0. The average Bonchev–Trinajstić information content (AvgIpc) is 1.72. The van der Waals surface area contributed by atoms with Crippen molar-refractivity contribution >= 4 is 9.68 Å². The first-order valence-corrected chi connectivity index (χ1v) is 4.16. The van der Waals surface area contributed by atoms with Gasteiger partial charge in [-0.2, -0.15) is 0 Å². The minimum absolute atomic E-state index is 0.147. The molecule has 3 heteroatoms. The van der Waals surface area contributed by atoms with Gasteiger partial charge in [0.05, 0.1) is 0 Å². The van der Waals surface area contributed by atoms with Crippen LogP contribution in [0.15, 0.2) is 0 Å². The van der Waals surface area contributed by atoms with Crippen LogP contribution in [0.25, 0.3) is 0 Å². The van der Waals surface area contributed by atoms with Gasteiger partial charge in [-0.15, -0.1) is 0 Å². The molecule has 1 rings (SSSR count). The molecular formula is C3H10N2Si. The summed E-state index contributed by atoms with van der Waals surface area (Å²) in [6.07, 6.45) is 1.39. The monoisotopic (exact) mass is 102 g/mol. The molecule has 6 heavy (non-hydrogen) atoms. The maximum Gasteiger partial charge on any atom is 0.110 e.